The molecule has 3 nitrogen and oxygen atoms in total. The van der Waals surface area contributed by atoms with E-state index >= 15 is 0 Å². The van der Waals surface area contributed by atoms with Gasteiger partial charge < -0.3 is 14.6 Å². The summed E-state index contributed by atoms with van der Waals surface area (Å²) in [5, 5.41) is 10.7. The number of hydrogen-bond donors (Lipinski definition) is 1. The molecule has 1 rings (SSSR count). The van der Waals surface area contributed by atoms with Crippen molar-refractivity contribution in [3.05, 3.63) is 71.5 Å². The summed E-state index contributed by atoms with van der Waals surface area (Å²) in [5.41, 5.74) is 3.46. The van der Waals surface area contributed by atoms with Gasteiger partial charge in [-0.3, -0.25) is 0 Å². The number of benzene rings is 1. The molecule has 0 aliphatic heterocycles. The molecule has 3 heteroatoms. The van der Waals surface area contributed by atoms with Crippen LogP contribution in [0.3, 0.4) is 0 Å². The molecule has 25 heavy (non-hydrogen) atoms. The van der Waals surface area contributed by atoms with Crippen LogP contribution < -0.4 is 4.74 Å². The summed E-state index contributed by atoms with van der Waals surface area (Å²) in [6.45, 7) is 10.8. The minimum Gasteiger partial charge on any atom is -0.511 e. The zero-order chi connectivity index (χ0) is 18.8. The number of aliphatic hydroxyl groups is 1. The van der Waals surface area contributed by atoms with Gasteiger partial charge in [-0.25, -0.2) is 0 Å². The number of allylic oxidation sites excluding steroid dienone is 6. The molecule has 0 amide bonds. The molecule has 0 spiro atoms. The van der Waals surface area contributed by atoms with Gasteiger partial charge in [0.15, 0.2) is 0 Å². The zero-order valence-electron chi connectivity index (χ0n) is 16.0. The summed E-state index contributed by atoms with van der Waals surface area (Å²) in [6, 6.07) is 7.67. The Morgan fingerprint density at radius 1 is 1.20 bits per heavy atom. The number of methoxy groups -OCH3 is 2. The van der Waals surface area contributed by atoms with Gasteiger partial charge in [0.2, 0.25) is 0 Å². The predicted octanol–water partition coefficient (Wildman–Crippen LogP) is 5.72. The smallest absolute Gasteiger partial charge is 0.118 e. The van der Waals surface area contributed by atoms with Crippen LogP contribution in [-0.2, 0) is 4.74 Å². The molecule has 0 saturated carbocycles. The Labute approximate surface area is 152 Å². The standard InChI is InChI=1S/C22H30O3/c1-7-9-18(10-8-15-24-5)17(4)21(22(23)16(2)3)19-11-13-20(25-6)14-12-19/h8-14,16,23H,4,7,15H2,1-3,5-6H3/b10-8-,18-9+,22-21+. The van der Waals surface area contributed by atoms with Gasteiger partial charge in [-0.15, -0.1) is 0 Å². The van der Waals surface area contributed by atoms with E-state index < -0.39 is 0 Å². The van der Waals surface area contributed by atoms with Crippen LogP contribution >= 0.6 is 0 Å². The van der Waals surface area contributed by atoms with E-state index in [2.05, 4.69) is 19.6 Å². The third kappa shape index (κ3) is 5.95. The van der Waals surface area contributed by atoms with Crippen molar-refractivity contribution in [3.63, 3.8) is 0 Å². The molecule has 0 aromatic heterocycles. The van der Waals surface area contributed by atoms with Crippen molar-refractivity contribution >= 4 is 5.57 Å². The lowest BCUT2D eigenvalue weighted by Gasteiger charge is -2.18. The van der Waals surface area contributed by atoms with E-state index in [9.17, 15) is 5.11 Å². The third-order valence-corrected chi connectivity index (χ3v) is 3.82. The van der Waals surface area contributed by atoms with Crippen molar-refractivity contribution in [1.82, 2.24) is 0 Å². The van der Waals surface area contributed by atoms with Gasteiger partial charge in [0.05, 0.1) is 13.7 Å². The maximum absolute atomic E-state index is 10.7. The van der Waals surface area contributed by atoms with E-state index in [0.29, 0.717) is 12.4 Å². The normalized spacial score (nSPS) is 13.3. The van der Waals surface area contributed by atoms with Crippen LogP contribution in [0.4, 0.5) is 0 Å². The SMILES string of the molecule is C=C(/C(=C(\O)C(C)C)c1ccc(OC)cc1)C(/C=C\COC)=C/CC. The number of rotatable bonds is 9. The van der Waals surface area contributed by atoms with Crippen LogP contribution in [0.2, 0.25) is 0 Å². The van der Waals surface area contributed by atoms with Crippen molar-refractivity contribution in [2.24, 2.45) is 5.92 Å². The number of ether oxygens (including phenoxy) is 2. The molecule has 0 atom stereocenters. The highest BCUT2D eigenvalue weighted by molar-refractivity contribution is 5.85. The van der Waals surface area contributed by atoms with Crippen molar-refractivity contribution in [3.8, 4) is 5.75 Å². The topological polar surface area (TPSA) is 38.7 Å². The second-order valence-electron chi connectivity index (χ2n) is 6.05. The van der Waals surface area contributed by atoms with Crippen LogP contribution in [0.5, 0.6) is 5.75 Å². The van der Waals surface area contributed by atoms with Gasteiger partial charge in [0.1, 0.15) is 11.5 Å². The molecular weight excluding hydrogens is 312 g/mol. The number of aliphatic hydroxyl groups excluding tert-OH is 1. The van der Waals surface area contributed by atoms with E-state index in [4.69, 9.17) is 9.47 Å². The van der Waals surface area contributed by atoms with Crippen molar-refractivity contribution in [1.29, 1.82) is 0 Å². The molecule has 0 saturated heterocycles. The van der Waals surface area contributed by atoms with E-state index in [-0.39, 0.29) is 5.92 Å². The Bertz CT molecular complexity index is 646. The van der Waals surface area contributed by atoms with Crippen LogP contribution in [0.1, 0.15) is 32.8 Å². The monoisotopic (exact) mass is 342 g/mol. The van der Waals surface area contributed by atoms with Crippen molar-refractivity contribution in [2.45, 2.75) is 27.2 Å². The Balaban J connectivity index is 3.38. The van der Waals surface area contributed by atoms with Crippen LogP contribution in [-0.4, -0.2) is 25.9 Å². The first-order valence-corrected chi connectivity index (χ1v) is 8.59. The summed E-state index contributed by atoms with van der Waals surface area (Å²) < 4.78 is 10.3. The van der Waals surface area contributed by atoms with Gasteiger partial charge in [-0.05, 0) is 35.3 Å². The van der Waals surface area contributed by atoms with E-state index in [1.807, 2.05) is 50.3 Å². The summed E-state index contributed by atoms with van der Waals surface area (Å²) >= 11 is 0. The van der Waals surface area contributed by atoms with Crippen molar-refractivity contribution < 1.29 is 14.6 Å². The lowest BCUT2D eigenvalue weighted by molar-refractivity contribution is 0.234. The molecule has 0 aliphatic rings. The lowest BCUT2D eigenvalue weighted by Crippen LogP contribution is -2.02. The summed E-state index contributed by atoms with van der Waals surface area (Å²) in [7, 11) is 3.30. The minimum absolute atomic E-state index is 0.000294. The summed E-state index contributed by atoms with van der Waals surface area (Å²) in [5.74, 6) is 1.11. The average Bonchev–Trinajstić information content (AvgIpc) is 2.61. The fourth-order valence-corrected chi connectivity index (χ4v) is 2.45. The predicted molar refractivity (Wildman–Crippen MR) is 106 cm³/mol. The molecule has 1 aromatic rings. The second kappa shape index (κ2) is 10.6. The Morgan fingerprint density at radius 3 is 2.32 bits per heavy atom. The fraction of sp³-hybridized carbons (Fsp3) is 0.364. The molecule has 1 N–H and O–H groups in total. The highest BCUT2D eigenvalue weighted by Gasteiger charge is 2.17. The lowest BCUT2D eigenvalue weighted by atomic mass is 9.89. The molecule has 0 unspecified atom stereocenters. The van der Waals surface area contributed by atoms with Gasteiger partial charge in [0.25, 0.3) is 0 Å². The zero-order valence-corrected chi connectivity index (χ0v) is 16.0. The van der Waals surface area contributed by atoms with E-state index in [1.165, 1.54) is 0 Å². The molecule has 0 heterocycles. The number of hydrogen-bond acceptors (Lipinski definition) is 3. The first-order valence-electron chi connectivity index (χ1n) is 8.59. The Kier molecular flexibility index (Phi) is 8.79. The Hall–Kier alpha value is -2.26. The van der Waals surface area contributed by atoms with Gasteiger partial charge >= 0.3 is 0 Å². The average molecular weight is 342 g/mol. The van der Waals surface area contributed by atoms with Gasteiger partial charge in [-0.1, -0.05) is 57.7 Å². The van der Waals surface area contributed by atoms with E-state index in [0.717, 1.165) is 34.5 Å². The van der Waals surface area contributed by atoms with E-state index in [1.54, 1.807) is 14.2 Å². The molecule has 136 valence electrons. The maximum atomic E-state index is 10.7. The molecule has 0 aliphatic carbocycles. The van der Waals surface area contributed by atoms with Crippen molar-refractivity contribution in [2.75, 3.05) is 20.8 Å². The molecule has 1 aromatic carbocycles. The van der Waals surface area contributed by atoms with Gasteiger partial charge in [0, 0.05) is 18.6 Å². The Morgan fingerprint density at radius 2 is 1.84 bits per heavy atom. The summed E-state index contributed by atoms with van der Waals surface area (Å²) in [4.78, 5) is 0. The minimum atomic E-state index is -0.000294. The molecule has 0 fully saturated rings. The highest BCUT2D eigenvalue weighted by atomic mass is 16.5. The van der Waals surface area contributed by atoms with Crippen LogP contribution in [0.25, 0.3) is 5.57 Å². The van der Waals surface area contributed by atoms with Gasteiger partial charge in [-0.2, -0.15) is 0 Å². The first kappa shape index (κ1) is 20.8. The fourth-order valence-electron chi connectivity index (χ4n) is 2.45. The van der Waals surface area contributed by atoms with Crippen LogP contribution in [0, 0.1) is 5.92 Å². The largest absolute Gasteiger partial charge is 0.511 e. The summed E-state index contributed by atoms with van der Waals surface area (Å²) in [6.07, 6.45) is 6.92. The third-order valence-electron chi connectivity index (χ3n) is 3.82. The van der Waals surface area contributed by atoms with Crippen LogP contribution in [0.15, 0.2) is 66.0 Å². The molecule has 0 bridgehead atoms. The maximum Gasteiger partial charge on any atom is 0.118 e. The quantitative estimate of drug-likeness (QED) is 0.461. The molecule has 0 radical (unpaired) electrons. The molecular formula is C22H30O3. The first-order chi connectivity index (χ1) is 12.0. The second-order valence-corrected chi connectivity index (χ2v) is 6.05. The highest BCUT2D eigenvalue weighted by Crippen LogP contribution is 2.33.